The SMILES string of the molecule is N=C1CC(N)(S(N)(=O)=O)C=C/C1=N\Nc1ccccc1. The van der Waals surface area contributed by atoms with Gasteiger partial charge in [0.05, 0.1) is 11.4 Å². The zero-order chi connectivity index (χ0) is 14.8. The number of hydrazone groups is 1. The number of hydrogen-bond acceptors (Lipinski definition) is 6. The van der Waals surface area contributed by atoms with E-state index in [1.165, 1.54) is 12.2 Å². The number of anilines is 1. The Bertz CT molecular complexity index is 681. The predicted octanol–water partition coefficient (Wildman–Crippen LogP) is 0.378. The quantitative estimate of drug-likeness (QED) is 0.599. The number of hydrogen-bond donors (Lipinski definition) is 4. The molecule has 0 aliphatic heterocycles. The van der Waals surface area contributed by atoms with Crippen molar-refractivity contribution in [2.45, 2.75) is 11.3 Å². The van der Waals surface area contributed by atoms with Crippen LogP contribution >= 0.6 is 0 Å². The number of nitrogens with zero attached hydrogens (tertiary/aromatic N) is 1. The molecule has 1 aliphatic carbocycles. The minimum atomic E-state index is -3.97. The third kappa shape index (κ3) is 2.93. The van der Waals surface area contributed by atoms with Crippen molar-refractivity contribution >= 4 is 27.1 Å². The molecule has 1 aromatic rings. The summed E-state index contributed by atoms with van der Waals surface area (Å²) in [4.78, 5) is -1.74. The van der Waals surface area contributed by atoms with Crippen LogP contribution in [0.15, 0.2) is 47.6 Å². The molecule has 7 nitrogen and oxygen atoms in total. The van der Waals surface area contributed by atoms with Crippen LogP contribution in [0.2, 0.25) is 0 Å². The third-order valence-corrected chi connectivity index (χ3v) is 4.23. The Morgan fingerprint density at radius 1 is 1.30 bits per heavy atom. The lowest BCUT2D eigenvalue weighted by Gasteiger charge is -2.26. The maximum absolute atomic E-state index is 11.4. The van der Waals surface area contributed by atoms with Crippen LogP contribution < -0.4 is 16.3 Å². The largest absolute Gasteiger partial charge is 0.308 e. The first-order valence-corrected chi connectivity index (χ1v) is 7.33. The van der Waals surface area contributed by atoms with E-state index >= 15 is 0 Å². The summed E-state index contributed by atoms with van der Waals surface area (Å²) < 4.78 is 22.8. The van der Waals surface area contributed by atoms with E-state index in [0.29, 0.717) is 5.71 Å². The van der Waals surface area contributed by atoms with Gasteiger partial charge >= 0.3 is 0 Å². The van der Waals surface area contributed by atoms with Gasteiger partial charge in [-0.25, -0.2) is 13.6 Å². The van der Waals surface area contributed by atoms with Gasteiger partial charge in [0.2, 0.25) is 10.0 Å². The van der Waals surface area contributed by atoms with Crippen molar-refractivity contribution in [3.63, 3.8) is 0 Å². The van der Waals surface area contributed by atoms with Gasteiger partial charge < -0.3 is 11.1 Å². The van der Waals surface area contributed by atoms with Gasteiger partial charge in [-0.3, -0.25) is 5.43 Å². The highest BCUT2D eigenvalue weighted by Gasteiger charge is 2.39. The molecule has 6 N–H and O–H groups in total. The van der Waals surface area contributed by atoms with Crippen LogP contribution in [0.25, 0.3) is 0 Å². The Kier molecular flexibility index (Phi) is 3.71. The van der Waals surface area contributed by atoms with Crippen LogP contribution in [0, 0.1) is 5.41 Å². The van der Waals surface area contributed by atoms with Crippen molar-refractivity contribution in [3.05, 3.63) is 42.5 Å². The van der Waals surface area contributed by atoms with Crippen LogP contribution in [-0.2, 0) is 10.0 Å². The number of para-hydroxylation sites is 1. The Hall–Kier alpha value is -2.03. The second-order valence-corrected chi connectivity index (χ2v) is 6.31. The van der Waals surface area contributed by atoms with Gasteiger partial charge in [-0.15, -0.1) is 0 Å². The van der Waals surface area contributed by atoms with Gasteiger partial charge in [-0.2, -0.15) is 5.10 Å². The Labute approximate surface area is 116 Å². The molecule has 1 aliphatic rings. The smallest absolute Gasteiger partial charge is 0.232 e. The second kappa shape index (κ2) is 5.16. The van der Waals surface area contributed by atoms with Gasteiger partial charge in [-0.1, -0.05) is 18.2 Å². The van der Waals surface area contributed by atoms with E-state index < -0.39 is 14.9 Å². The van der Waals surface area contributed by atoms with Crippen LogP contribution in [0.3, 0.4) is 0 Å². The second-order valence-electron chi connectivity index (χ2n) is 4.46. The average Bonchev–Trinajstić information content (AvgIpc) is 2.38. The molecule has 0 radical (unpaired) electrons. The van der Waals surface area contributed by atoms with E-state index in [1.54, 1.807) is 0 Å². The fourth-order valence-corrected chi connectivity index (χ4v) is 2.29. The maximum atomic E-state index is 11.4. The maximum Gasteiger partial charge on any atom is 0.232 e. The molecule has 2 rings (SSSR count). The summed E-state index contributed by atoms with van der Waals surface area (Å²) >= 11 is 0. The molecule has 0 saturated carbocycles. The highest BCUT2D eigenvalue weighted by molar-refractivity contribution is 7.90. The minimum absolute atomic E-state index is 0.00690. The van der Waals surface area contributed by atoms with E-state index in [9.17, 15) is 8.42 Å². The molecule has 0 bridgehead atoms. The number of nitrogens with one attached hydrogen (secondary N) is 2. The monoisotopic (exact) mass is 293 g/mol. The molecule has 8 heteroatoms. The average molecular weight is 293 g/mol. The molecule has 20 heavy (non-hydrogen) atoms. The molecule has 1 atom stereocenters. The predicted molar refractivity (Wildman–Crippen MR) is 79.0 cm³/mol. The molecular weight excluding hydrogens is 278 g/mol. The Morgan fingerprint density at radius 3 is 2.50 bits per heavy atom. The molecule has 0 saturated heterocycles. The van der Waals surface area contributed by atoms with Crippen molar-refractivity contribution < 1.29 is 8.42 Å². The minimum Gasteiger partial charge on any atom is -0.308 e. The standard InChI is InChI=1S/C12H15N5O2S/c13-10-8-12(14,20(15,18)19)7-6-11(10)17-16-9-4-2-1-3-5-9/h1-7,13,16H,8,14H2,(H2,15,18,19)/b13-10?,17-11+. The Balaban J connectivity index is 2.21. The van der Waals surface area contributed by atoms with Crippen molar-refractivity contribution in [2.75, 3.05) is 5.43 Å². The summed E-state index contributed by atoms with van der Waals surface area (Å²) in [5, 5.41) is 16.9. The lowest BCUT2D eigenvalue weighted by atomic mass is 9.99. The van der Waals surface area contributed by atoms with E-state index in [2.05, 4.69) is 10.5 Å². The zero-order valence-corrected chi connectivity index (χ0v) is 11.4. The van der Waals surface area contributed by atoms with Crippen LogP contribution in [0.4, 0.5) is 5.69 Å². The third-order valence-electron chi connectivity index (χ3n) is 2.89. The number of allylic oxidation sites excluding steroid dienone is 1. The fourth-order valence-electron chi connectivity index (χ4n) is 1.68. The molecule has 1 unspecified atom stereocenters. The summed E-state index contributed by atoms with van der Waals surface area (Å²) in [6, 6.07) is 9.19. The van der Waals surface area contributed by atoms with Crippen LogP contribution in [-0.4, -0.2) is 24.7 Å². The van der Waals surface area contributed by atoms with Gasteiger partial charge in [0.25, 0.3) is 0 Å². The summed E-state index contributed by atoms with van der Waals surface area (Å²) in [6.07, 6.45) is 2.43. The summed E-state index contributed by atoms with van der Waals surface area (Å²) in [6.45, 7) is 0. The first-order chi connectivity index (χ1) is 9.32. The molecule has 0 fully saturated rings. The number of benzene rings is 1. The van der Waals surface area contributed by atoms with Crippen molar-refractivity contribution in [3.8, 4) is 0 Å². The van der Waals surface area contributed by atoms with E-state index in [0.717, 1.165) is 5.69 Å². The lowest BCUT2D eigenvalue weighted by molar-refractivity contribution is 0.561. The summed E-state index contributed by atoms with van der Waals surface area (Å²) in [5.41, 5.74) is 9.55. The number of sulfonamides is 1. The number of primary sulfonamides is 1. The summed E-state index contributed by atoms with van der Waals surface area (Å²) in [7, 11) is -3.97. The molecule has 0 spiro atoms. The first-order valence-electron chi connectivity index (χ1n) is 5.79. The molecule has 106 valence electrons. The molecule has 0 amide bonds. The van der Waals surface area contributed by atoms with Gasteiger partial charge in [0.1, 0.15) is 5.71 Å². The molecule has 0 aromatic heterocycles. The van der Waals surface area contributed by atoms with E-state index in [1.807, 2.05) is 30.3 Å². The lowest BCUT2D eigenvalue weighted by Crippen LogP contribution is -2.53. The zero-order valence-electron chi connectivity index (χ0n) is 10.6. The van der Waals surface area contributed by atoms with Crippen molar-refractivity contribution in [2.24, 2.45) is 16.0 Å². The van der Waals surface area contributed by atoms with E-state index in [4.69, 9.17) is 16.3 Å². The van der Waals surface area contributed by atoms with Crippen LogP contribution in [0.5, 0.6) is 0 Å². The van der Waals surface area contributed by atoms with E-state index in [-0.39, 0.29) is 12.1 Å². The van der Waals surface area contributed by atoms with Gasteiger partial charge in [0.15, 0.2) is 4.87 Å². The molecule has 0 heterocycles. The number of rotatable bonds is 3. The normalized spacial score (nSPS) is 24.9. The molecular formula is C12H15N5O2S. The van der Waals surface area contributed by atoms with Gasteiger partial charge in [0, 0.05) is 6.42 Å². The number of nitrogens with two attached hydrogens (primary N) is 2. The van der Waals surface area contributed by atoms with Crippen molar-refractivity contribution in [1.82, 2.24) is 0 Å². The van der Waals surface area contributed by atoms with Crippen LogP contribution in [0.1, 0.15) is 6.42 Å². The van der Waals surface area contributed by atoms with Crippen molar-refractivity contribution in [1.29, 1.82) is 5.41 Å². The topological polar surface area (TPSA) is 134 Å². The molecule has 1 aromatic carbocycles. The Morgan fingerprint density at radius 2 is 1.95 bits per heavy atom. The van der Waals surface area contributed by atoms with Gasteiger partial charge in [-0.05, 0) is 24.3 Å². The first kappa shape index (κ1) is 14.4. The highest BCUT2D eigenvalue weighted by Crippen LogP contribution is 2.20. The fraction of sp³-hybridized carbons (Fsp3) is 0.167. The summed E-state index contributed by atoms with van der Waals surface area (Å²) in [5.74, 6) is 0. The highest BCUT2D eigenvalue weighted by atomic mass is 32.2.